The number of thioether (sulfide) groups is 1. The van der Waals surface area contributed by atoms with Gasteiger partial charge in [-0.05, 0) is 37.5 Å². The van der Waals surface area contributed by atoms with Crippen LogP contribution >= 0.6 is 11.8 Å². The molecule has 4 heteroatoms. The van der Waals surface area contributed by atoms with E-state index >= 15 is 0 Å². The van der Waals surface area contributed by atoms with Crippen LogP contribution in [-0.2, 0) is 11.3 Å². The quantitative estimate of drug-likeness (QED) is 0.595. The van der Waals surface area contributed by atoms with Crippen LogP contribution in [0, 0.1) is 12.8 Å². The van der Waals surface area contributed by atoms with Crippen LogP contribution in [0.3, 0.4) is 0 Å². The van der Waals surface area contributed by atoms with Gasteiger partial charge in [-0.25, -0.2) is 0 Å². The largest absolute Gasteiger partial charge is 0.486 e. The van der Waals surface area contributed by atoms with E-state index in [4.69, 9.17) is 4.74 Å². The number of alkyl halides is 2. The van der Waals surface area contributed by atoms with E-state index < -0.39 is 11.8 Å². The highest BCUT2D eigenvalue weighted by Crippen LogP contribution is 2.48. The first kappa shape index (κ1) is 18.0. The summed E-state index contributed by atoms with van der Waals surface area (Å²) in [5, 5.41) is 0. The number of hydrogen-bond acceptors (Lipinski definition) is 2. The van der Waals surface area contributed by atoms with Gasteiger partial charge in [0, 0.05) is 15.7 Å². The molecule has 0 aliphatic heterocycles. The molecule has 1 aliphatic carbocycles. The first-order chi connectivity index (χ1) is 12.0. The lowest BCUT2D eigenvalue weighted by Gasteiger charge is -2.32. The maximum atomic E-state index is 14.8. The fourth-order valence-corrected chi connectivity index (χ4v) is 3.87. The van der Waals surface area contributed by atoms with Gasteiger partial charge in [-0.15, -0.1) is 0 Å². The Balaban J connectivity index is 1.86. The van der Waals surface area contributed by atoms with Crippen LogP contribution in [0.1, 0.15) is 30.9 Å². The van der Waals surface area contributed by atoms with Gasteiger partial charge in [-0.2, -0.15) is 8.78 Å². The smallest absolute Gasteiger partial charge is 0.307 e. The Morgan fingerprint density at radius 2 is 1.76 bits per heavy atom. The average molecular weight is 360 g/mol. The number of hydrogen-bond donors (Lipinski definition) is 0. The number of rotatable bonds is 5. The Hall–Kier alpha value is -1.81. The molecule has 0 N–H and O–H groups in total. The maximum absolute atomic E-state index is 14.8. The normalized spacial score (nSPS) is 19.8. The molecule has 2 aromatic carbocycles. The van der Waals surface area contributed by atoms with Gasteiger partial charge in [0.15, 0.2) is 5.76 Å². The summed E-state index contributed by atoms with van der Waals surface area (Å²) in [6.45, 7) is 3.77. The fourth-order valence-electron chi connectivity index (χ4n) is 2.80. The first-order valence-corrected chi connectivity index (χ1v) is 9.31. The van der Waals surface area contributed by atoms with Gasteiger partial charge >= 0.3 is 5.92 Å². The lowest BCUT2D eigenvalue weighted by molar-refractivity contribution is -0.0763. The van der Waals surface area contributed by atoms with E-state index in [9.17, 15) is 8.78 Å². The number of ether oxygens (including phenoxy) is 1. The van der Waals surface area contributed by atoms with E-state index in [0.29, 0.717) is 17.7 Å². The van der Waals surface area contributed by atoms with Gasteiger partial charge in [-0.3, -0.25) is 0 Å². The SMILES string of the molecule is Cc1ccc(SC2=C(OCc3ccccc3)C(F)(F)[C@H](C)CC2)cc1. The van der Waals surface area contributed by atoms with Crippen LogP contribution in [0.2, 0.25) is 0 Å². The average Bonchev–Trinajstić information content (AvgIpc) is 2.60. The second-order valence-electron chi connectivity index (χ2n) is 6.50. The zero-order chi connectivity index (χ0) is 17.9. The van der Waals surface area contributed by atoms with Crippen molar-refractivity contribution in [3.05, 3.63) is 76.4 Å². The molecule has 0 aromatic heterocycles. The van der Waals surface area contributed by atoms with Crippen molar-refractivity contribution in [1.29, 1.82) is 0 Å². The molecule has 0 unspecified atom stereocenters. The summed E-state index contributed by atoms with van der Waals surface area (Å²) in [4.78, 5) is 1.61. The molecule has 2 aromatic rings. The highest BCUT2D eigenvalue weighted by Gasteiger charge is 2.47. The molecule has 132 valence electrons. The minimum absolute atomic E-state index is 0.152. The summed E-state index contributed by atoms with van der Waals surface area (Å²) in [5.74, 6) is -3.79. The van der Waals surface area contributed by atoms with Crippen LogP contribution < -0.4 is 0 Å². The minimum atomic E-state index is -2.93. The third-order valence-corrected chi connectivity index (χ3v) is 5.61. The fraction of sp³-hybridized carbons (Fsp3) is 0.333. The highest BCUT2D eigenvalue weighted by atomic mass is 32.2. The predicted molar refractivity (Wildman–Crippen MR) is 98.6 cm³/mol. The molecular formula is C21H22F2OS. The highest BCUT2D eigenvalue weighted by molar-refractivity contribution is 8.03. The third kappa shape index (κ3) is 4.24. The standard InChI is InChI=1S/C21H22F2OS/c1-15-8-11-18(12-9-15)25-19-13-10-16(2)21(22,23)20(19)24-14-17-6-4-3-5-7-17/h3-9,11-12,16H,10,13-14H2,1-2H3/t16-/m1/s1. The molecule has 3 rings (SSSR count). The topological polar surface area (TPSA) is 9.23 Å². The van der Waals surface area contributed by atoms with Gasteiger partial charge in [-0.1, -0.05) is 66.7 Å². The molecule has 1 aliphatic rings. The lowest BCUT2D eigenvalue weighted by Crippen LogP contribution is -2.34. The van der Waals surface area contributed by atoms with Gasteiger partial charge < -0.3 is 4.74 Å². The van der Waals surface area contributed by atoms with Crippen molar-refractivity contribution in [2.24, 2.45) is 5.92 Å². The van der Waals surface area contributed by atoms with Crippen molar-refractivity contribution in [3.8, 4) is 0 Å². The predicted octanol–water partition coefficient (Wildman–Crippen LogP) is 6.58. The first-order valence-electron chi connectivity index (χ1n) is 8.49. The van der Waals surface area contributed by atoms with Crippen molar-refractivity contribution < 1.29 is 13.5 Å². The Morgan fingerprint density at radius 1 is 1.08 bits per heavy atom. The van der Waals surface area contributed by atoms with Crippen molar-refractivity contribution in [3.63, 3.8) is 0 Å². The molecule has 0 heterocycles. The summed E-state index contributed by atoms with van der Waals surface area (Å²) in [7, 11) is 0. The number of benzene rings is 2. The van der Waals surface area contributed by atoms with Crippen LogP contribution in [0.4, 0.5) is 8.78 Å². The Bertz CT molecular complexity index is 738. The molecule has 0 saturated heterocycles. The van der Waals surface area contributed by atoms with E-state index in [1.165, 1.54) is 11.8 Å². The molecule has 0 amide bonds. The molecular weight excluding hydrogens is 338 g/mol. The van der Waals surface area contributed by atoms with E-state index in [-0.39, 0.29) is 12.4 Å². The minimum Gasteiger partial charge on any atom is -0.486 e. The zero-order valence-corrected chi connectivity index (χ0v) is 15.3. The second kappa shape index (κ2) is 7.61. The van der Waals surface area contributed by atoms with Gasteiger partial charge in [0.25, 0.3) is 0 Å². The molecule has 0 radical (unpaired) electrons. The maximum Gasteiger partial charge on any atom is 0.307 e. The van der Waals surface area contributed by atoms with Crippen LogP contribution in [-0.4, -0.2) is 5.92 Å². The van der Waals surface area contributed by atoms with Gasteiger partial charge in [0.05, 0.1) is 0 Å². The number of halogens is 2. The summed E-state index contributed by atoms with van der Waals surface area (Å²) in [6, 6.07) is 17.4. The van der Waals surface area contributed by atoms with E-state index in [2.05, 4.69) is 0 Å². The molecule has 0 saturated carbocycles. The van der Waals surface area contributed by atoms with Crippen LogP contribution in [0.5, 0.6) is 0 Å². The Kier molecular flexibility index (Phi) is 5.48. The molecule has 0 spiro atoms. The summed E-state index contributed by atoms with van der Waals surface area (Å²) < 4.78 is 35.2. The second-order valence-corrected chi connectivity index (χ2v) is 7.67. The lowest BCUT2D eigenvalue weighted by atomic mass is 9.91. The van der Waals surface area contributed by atoms with Crippen molar-refractivity contribution in [2.45, 2.75) is 44.1 Å². The van der Waals surface area contributed by atoms with Crippen molar-refractivity contribution in [2.75, 3.05) is 0 Å². The Labute approximate surface area is 152 Å². The van der Waals surface area contributed by atoms with Gasteiger partial charge in [0.2, 0.25) is 0 Å². The molecule has 0 bridgehead atoms. The van der Waals surface area contributed by atoms with E-state index in [1.807, 2.05) is 61.5 Å². The van der Waals surface area contributed by atoms with Crippen molar-refractivity contribution in [1.82, 2.24) is 0 Å². The summed E-state index contributed by atoms with van der Waals surface area (Å²) in [6.07, 6.45) is 1.10. The Morgan fingerprint density at radius 3 is 2.44 bits per heavy atom. The number of aryl methyl sites for hydroxylation is 1. The summed E-state index contributed by atoms with van der Waals surface area (Å²) >= 11 is 1.40. The monoisotopic (exact) mass is 360 g/mol. The molecule has 1 atom stereocenters. The van der Waals surface area contributed by atoms with Crippen molar-refractivity contribution >= 4 is 11.8 Å². The summed E-state index contributed by atoms with van der Waals surface area (Å²) in [5.41, 5.74) is 2.05. The molecule has 0 fully saturated rings. The van der Waals surface area contributed by atoms with Gasteiger partial charge in [0.1, 0.15) is 6.61 Å². The molecule has 25 heavy (non-hydrogen) atoms. The molecule has 1 nitrogen and oxygen atoms in total. The van der Waals surface area contributed by atoms with E-state index in [0.717, 1.165) is 16.0 Å². The third-order valence-electron chi connectivity index (χ3n) is 4.47. The van der Waals surface area contributed by atoms with Crippen LogP contribution in [0.25, 0.3) is 0 Å². The zero-order valence-electron chi connectivity index (χ0n) is 14.5. The van der Waals surface area contributed by atoms with Crippen LogP contribution in [0.15, 0.2) is 70.2 Å². The van der Waals surface area contributed by atoms with E-state index in [1.54, 1.807) is 6.92 Å². The number of allylic oxidation sites excluding steroid dienone is 2.